The van der Waals surface area contributed by atoms with Crippen LogP contribution in [0.5, 0.6) is 0 Å². The maximum atomic E-state index is 14.4. The largest absolute Gasteiger partial charge is 0.399 e. The lowest BCUT2D eigenvalue weighted by Crippen LogP contribution is -2.03. The van der Waals surface area contributed by atoms with Gasteiger partial charge in [-0.15, -0.1) is 0 Å². The fourth-order valence-corrected chi connectivity index (χ4v) is 2.82. The van der Waals surface area contributed by atoms with Crippen molar-refractivity contribution in [2.75, 3.05) is 5.73 Å². The van der Waals surface area contributed by atoms with Gasteiger partial charge in [-0.25, -0.2) is 9.37 Å². The molecule has 1 aliphatic carbocycles. The number of anilines is 1. The Morgan fingerprint density at radius 3 is 2.81 bits per heavy atom. The molecule has 2 aromatic carbocycles. The number of nitrogens with zero attached hydrogens (tertiary/aromatic N) is 2. The third kappa shape index (κ3) is 1.98. The normalized spacial score (nSPS) is 14.8. The maximum absolute atomic E-state index is 14.4. The second-order valence-electron chi connectivity index (χ2n) is 5.40. The zero-order chi connectivity index (χ0) is 14.6. The standard InChI is InChI=1S/C16H13ClFN3/c17-11-2-1-3-14(15(11)18)21-13-7-6-10(19)8-12(13)20-16(21)9-4-5-9/h1-3,6-9H,4-5,19H2. The van der Waals surface area contributed by atoms with E-state index < -0.39 is 5.82 Å². The summed E-state index contributed by atoms with van der Waals surface area (Å²) in [6, 6.07) is 10.5. The van der Waals surface area contributed by atoms with Crippen molar-refractivity contribution in [2.45, 2.75) is 18.8 Å². The quantitative estimate of drug-likeness (QED) is 0.718. The van der Waals surface area contributed by atoms with Crippen LogP contribution in [0.25, 0.3) is 16.7 Å². The fraction of sp³-hybridized carbons (Fsp3) is 0.188. The topological polar surface area (TPSA) is 43.8 Å². The molecule has 0 unspecified atom stereocenters. The highest BCUT2D eigenvalue weighted by Gasteiger charge is 2.31. The zero-order valence-electron chi connectivity index (χ0n) is 11.2. The van der Waals surface area contributed by atoms with Gasteiger partial charge in [-0.1, -0.05) is 17.7 Å². The molecule has 4 rings (SSSR count). The smallest absolute Gasteiger partial charge is 0.165 e. The lowest BCUT2D eigenvalue weighted by molar-refractivity contribution is 0.617. The van der Waals surface area contributed by atoms with E-state index in [1.54, 1.807) is 24.3 Å². The van der Waals surface area contributed by atoms with Gasteiger partial charge in [-0.3, -0.25) is 4.57 Å². The molecule has 106 valence electrons. The average Bonchev–Trinajstić information content (AvgIpc) is 3.24. The first kappa shape index (κ1) is 12.7. The van der Waals surface area contributed by atoms with E-state index in [1.807, 2.05) is 16.7 Å². The van der Waals surface area contributed by atoms with E-state index in [0.717, 1.165) is 29.7 Å². The molecule has 3 aromatic rings. The lowest BCUT2D eigenvalue weighted by atomic mass is 10.2. The van der Waals surface area contributed by atoms with E-state index in [9.17, 15) is 4.39 Å². The van der Waals surface area contributed by atoms with Crippen LogP contribution in [0, 0.1) is 5.82 Å². The number of hydrogen-bond donors (Lipinski definition) is 1. The van der Waals surface area contributed by atoms with Crippen LogP contribution in [0.1, 0.15) is 24.6 Å². The molecule has 1 fully saturated rings. The van der Waals surface area contributed by atoms with Crippen molar-refractivity contribution >= 4 is 28.3 Å². The van der Waals surface area contributed by atoms with Crippen LogP contribution in [0.2, 0.25) is 5.02 Å². The Labute approximate surface area is 126 Å². The van der Waals surface area contributed by atoms with Gasteiger partial charge < -0.3 is 5.73 Å². The summed E-state index contributed by atoms with van der Waals surface area (Å²) in [7, 11) is 0. The third-order valence-corrected chi connectivity index (χ3v) is 4.11. The summed E-state index contributed by atoms with van der Waals surface area (Å²) >= 11 is 5.93. The van der Waals surface area contributed by atoms with Crippen molar-refractivity contribution in [2.24, 2.45) is 0 Å². The minimum absolute atomic E-state index is 0.117. The van der Waals surface area contributed by atoms with Gasteiger partial charge in [0.05, 0.1) is 21.7 Å². The summed E-state index contributed by atoms with van der Waals surface area (Å²) < 4.78 is 16.3. The van der Waals surface area contributed by atoms with Gasteiger partial charge in [-0.2, -0.15) is 0 Å². The van der Waals surface area contributed by atoms with Crippen LogP contribution in [0.15, 0.2) is 36.4 Å². The molecule has 5 heteroatoms. The van der Waals surface area contributed by atoms with Crippen LogP contribution in [-0.2, 0) is 0 Å². The first-order valence-corrected chi connectivity index (χ1v) is 7.25. The Morgan fingerprint density at radius 2 is 2.05 bits per heavy atom. The highest BCUT2D eigenvalue weighted by Crippen LogP contribution is 2.42. The van der Waals surface area contributed by atoms with Crippen molar-refractivity contribution in [1.82, 2.24) is 9.55 Å². The average molecular weight is 302 g/mol. The predicted octanol–water partition coefficient (Wildman–Crippen LogP) is 4.28. The van der Waals surface area contributed by atoms with E-state index in [1.165, 1.54) is 0 Å². The molecule has 0 bridgehead atoms. The number of nitrogen functional groups attached to an aromatic ring is 1. The van der Waals surface area contributed by atoms with Crippen molar-refractivity contribution in [3.63, 3.8) is 0 Å². The van der Waals surface area contributed by atoms with Crippen LogP contribution in [-0.4, -0.2) is 9.55 Å². The number of rotatable bonds is 2. The number of fused-ring (bicyclic) bond motifs is 1. The third-order valence-electron chi connectivity index (χ3n) is 3.82. The Hall–Kier alpha value is -2.07. The highest BCUT2D eigenvalue weighted by molar-refractivity contribution is 6.30. The summed E-state index contributed by atoms with van der Waals surface area (Å²) in [6.45, 7) is 0. The van der Waals surface area contributed by atoms with Crippen molar-refractivity contribution in [3.05, 3.63) is 53.1 Å². The molecule has 3 nitrogen and oxygen atoms in total. The molecule has 1 saturated carbocycles. The molecule has 0 aliphatic heterocycles. The molecule has 1 aromatic heterocycles. The van der Waals surface area contributed by atoms with E-state index in [2.05, 4.69) is 4.98 Å². The molecule has 0 radical (unpaired) electrons. The van der Waals surface area contributed by atoms with Crippen LogP contribution >= 0.6 is 11.6 Å². The molecule has 0 amide bonds. The van der Waals surface area contributed by atoms with E-state index in [4.69, 9.17) is 17.3 Å². The van der Waals surface area contributed by atoms with E-state index >= 15 is 0 Å². The number of imidazole rings is 1. The Balaban J connectivity index is 2.06. The van der Waals surface area contributed by atoms with Gasteiger partial charge in [0.25, 0.3) is 0 Å². The minimum atomic E-state index is -0.419. The lowest BCUT2D eigenvalue weighted by Gasteiger charge is -2.10. The first-order valence-electron chi connectivity index (χ1n) is 6.87. The second kappa shape index (κ2) is 4.46. The summed E-state index contributed by atoms with van der Waals surface area (Å²) in [5, 5.41) is 0.117. The summed E-state index contributed by atoms with van der Waals surface area (Å²) in [5.41, 5.74) is 8.56. The van der Waals surface area contributed by atoms with Crippen molar-refractivity contribution < 1.29 is 4.39 Å². The van der Waals surface area contributed by atoms with Crippen molar-refractivity contribution in [1.29, 1.82) is 0 Å². The maximum Gasteiger partial charge on any atom is 0.165 e. The van der Waals surface area contributed by atoms with Gasteiger partial charge in [0.1, 0.15) is 5.82 Å². The number of nitrogens with two attached hydrogens (primary N) is 1. The Morgan fingerprint density at radius 1 is 1.24 bits per heavy atom. The number of hydrogen-bond acceptors (Lipinski definition) is 2. The predicted molar refractivity (Wildman–Crippen MR) is 82.4 cm³/mol. The number of aromatic nitrogens is 2. The van der Waals surface area contributed by atoms with E-state index in [0.29, 0.717) is 17.3 Å². The molecule has 0 saturated heterocycles. The molecule has 0 atom stereocenters. The Bertz CT molecular complexity index is 852. The highest BCUT2D eigenvalue weighted by atomic mass is 35.5. The van der Waals surface area contributed by atoms with Crippen LogP contribution < -0.4 is 5.73 Å². The number of benzene rings is 2. The molecular weight excluding hydrogens is 289 g/mol. The fourth-order valence-electron chi connectivity index (χ4n) is 2.65. The van der Waals surface area contributed by atoms with Crippen LogP contribution in [0.4, 0.5) is 10.1 Å². The monoisotopic (exact) mass is 301 g/mol. The van der Waals surface area contributed by atoms with E-state index in [-0.39, 0.29) is 5.02 Å². The van der Waals surface area contributed by atoms with Crippen molar-refractivity contribution in [3.8, 4) is 5.69 Å². The SMILES string of the molecule is Nc1ccc2c(c1)nc(C1CC1)n2-c1cccc(Cl)c1F. The van der Waals surface area contributed by atoms with Gasteiger partial charge in [-0.05, 0) is 43.2 Å². The molecule has 1 heterocycles. The summed E-state index contributed by atoms with van der Waals surface area (Å²) in [6.07, 6.45) is 2.17. The van der Waals surface area contributed by atoms with Gasteiger partial charge in [0.2, 0.25) is 0 Å². The van der Waals surface area contributed by atoms with Gasteiger partial charge >= 0.3 is 0 Å². The van der Waals surface area contributed by atoms with Crippen LogP contribution in [0.3, 0.4) is 0 Å². The molecular formula is C16H13ClFN3. The molecule has 1 aliphatic rings. The summed E-state index contributed by atoms with van der Waals surface area (Å²) in [5.74, 6) is 0.853. The first-order chi connectivity index (χ1) is 10.1. The molecule has 0 spiro atoms. The Kier molecular flexibility index (Phi) is 2.69. The summed E-state index contributed by atoms with van der Waals surface area (Å²) in [4.78, 5) is 4.66. The minimum Gasteiger partial charge on any atom is -0.399 e. The van der Waals surface area contributed by atoms with Gasteiger partial charge in [0, 0.05) is 11.6 Å². The number of halogens is 2. The second-order valence-corrected chi connectivity index (χ2v) is 5.81. The molecule has 21 heavy (non-hydrogen) atoms. The zero-order valence-corrected chi connectivity index (χ0v) is 11.9. The van der Waals surface area contributed by atoms with Gasteiger partial charge in [0.15, 0.2) is 5.82 Å². The molecule has 2 N–H and O–H groups in total.